The first-order valence-electron chi connectivity index (χ1n) is 6.87. The first-order chi connectivity index (χ1) is 8.74. The topological polar surface area (TPSA) is 24.5 Å². The Morgan fingerprint density at radius 3 is 2.94 bits per heavy atom. The van der Waals surface area contributed by atoms with Crippen molar-refractivity contribution in [2.75, 3.05) is 31.6 Å². The first-order valence-corrected chi connectivity index (χ1v) is 6.87. The van der Waals surface area contributed by atoms with Crippen molar-refractivity contribution in [3.63, 3.8) is 0 Å². The molecule has 0 aromatic heterocycles. The Morgan fingerprint density at radius 1 is 1.44 bits per heavy atom. The summed E-state index contributed by atoms with van der Waals surface area (Å²) in [6, 6.07) is 6.97. The van der Waals surface area contributed by atoms with E-state index in [4.69, 9.17) is 4.74 Å². The van der Waals surface area contributed by atoms with Gasteiger partial charge in [-0.3, -0.25) is 0 Å². The second-order valence-electron chi connectivity index (χ2n) is 5.01. The maximum Gasteiger partial charge on any atom is 0.119 e. The minimum Gasteiger partial charge on any atom is -0.497 e. The second-order valence-corrected chi connectivity index (χ2v) is 5.01. The molecule has 1 aromatic rings. The van der Waals surface area contributed by atoms with E-state index in [0.29, 0.717) is 6.04 Å². The van der Waals surface area contributed by atoms with Crippen molar-refractivity contribution in [2.45, 2.75) is 32.7 Å². The Bertz CT molecular complexity index is 392. The summed E-state index contributed by atoms with van der Waals surface area (Å²) >= 11 is 0. The molecule has 0 spiro atoms. The Balaban J connectivity index is 2.18. The van der Waals surface area contributed by atoms with Crippen LogP contribution in [0.25, 0.3) is 0 Å². The summed E-state index contributed by atoms with van der Waals surface area (Å²) in [6.07, 6.45) is 2.40. The van der Waals surface area contributed by atoms with Crippen molar-refractivity contribution in [3.8, 4) is 5.75 Å². The molecule has 1 fully saturated rings. The maximum atomic E-state index is 5.27. The fourth-order valence-electron chi connectivity index (χ4n) is 2.60. The molecule has 1 N–H and O–H groups in total. The van der Waals surface area contributed by atoms with Gasteiger partial charge < -0.3 is 15.0 Å². The van der Waals surface area contributed by atoms with Crippen LogP contribution in [-0.2, 0) is 0 Å². The van der Waals surface area contributed by atoms with E-state index >= 15 is 0 Å². The molecule has 1 saturated heterocycles. The summed E-state index contributed by atoms with van der Waals surface area (Å²) in [5, 5.41) is 3.61. The highest BCUT2D eigenvalue weighted by Gasteiger charge is 2.17. The molecule has 18 heavy (non-hydrogen) atoms. The zero-order valence-electron chi connectivity index (χ0n) is 11.7. The third kappa shape index (κ3) is 2.96. The van der Waals surface area contributed by atoms with Gasteiger partial charge in [-0.2, -0.15) is 0 Å². The number of rotatable bonds is 3. The number of benzene rings is 1. The number of hydrogen-bond acceptors (Lipinski definition) is 3. The summed E-state index contributed by atoms with van der Waals surface area (Å²) in [5.41, 5.74) is 2.64. The van der Waals surface area contributed by atoms with Gasteiger partial charge in [0, 0.05) is 24.8 Å². The van der Waals surface area contributed by atoms with Crippen LogP contribution in [0, 0.1) is 6.92 Å². The Hall–Kier alpha value is -1.22. The Kier molecular flexibility index (Phi) is 4.48. The molecule has 0 amide bonds. The summed E-state index contributed by atoms with van der Waals surface area (Å²) in [7, 11) is 1.72. The van der Waals surface area contributed by atoms with Crippen molar-refractivity contribution >= 4 is 5.69 Å². The van der Waals surface area contributed by atoms with Crippen LogP contribution in [-0.4, -0.2) is 32.8 Å². The SMILES string of the molecule is CCC1CN(c2ccc(OC)cc2C)CCCN1. The molecule has 0 radical (unpaired) electrons. The van der Waals surface area contributed by atoms with Crippen LogP contribution in [0.3, 0.4) is 0 Å². The molecule has 100 valence electrons. The third-order valence-corrected chi connectivity index (χ3v) is 3.72. The van der Waals surface area contributed by atoms with E-state index < -0.39 is 0 Å². The van der Waals surface area contributed by atoms with Gasteiger partial charge in [0.15, 0.2) is 0 Å². The normalized spacial score (nSPS) is 20.6. The van der Waals surface area contributed by atoms with E-state index in [1.807, 2.05) is 0 Å². The van der Waals surface area contributed by atoms with E-state index in [-0.39, 0.29) is 0 Å². The molecule has 1 aromatic carbocycles. The Labute approximate surface area is 110 Å². The fourth-order valence-corrected chi connectivity index (χ4v) is 2.60. The van der Waals surface area contributed by atoms with Crippen LogP contribution < -0.4 is 15.0 Å². The highest BCUT2D eigenvalue weighted by atomic mass is 16.5. The third-order valence-electron chi connectivity index (χ3n) is 3.72. The molecule has 1 heterocycles. The van der Waals surface area contributed by atoms with Crippen LogP contribution in [0.5, 0.6) is 5.75 Å². The zero-order chi connectivity index (χ0) is 13.0. The van der Waals surface area contributed by atoms with Crippen molar-refractivity contribution < 1.29 is 4.74 Å². The largest absolute Gasteiger partial charge is 0.497 e. The smallest absolute Gasteiger partial charge is 0.119 e. The lowest BCUT2D eigenvalue weighted by molar-refractivity contribution is 0.414. The lowest BCUT2D eigenvalue weighted by atomic mass is 10.1. The van der Waals surface area contributed by atoms with Gasteiger partial charge in [0.05, 0.1) is 7.11 Å². The number of hydrogen-bond donors (Lipinski definition) is 1. The van der Waals surface area contributed by atoms with Crippen LogP contribution in [0.1, 0.15) is 25.3 Å². The highest BCUT2D eigenvalue weighted by molar-refractivity contribution is 5.56. The molecule has 1 aliphatic rings. The van der Waals surface area contributed by atoms with Gasteiger partial charge in [-0.05, 0) is 50.1 Å². The number of ether oxygens (including phenoxy) is 1. The molecule has 2 rings (SSSR count). The van der Waals surface area contributed by atoms with Crippen molar-refractivity contribution in [3.05, 3.63) is 23.8 Å². The molecule has 0 aliphatic carbocycles. The minimum absolute atomic E-state index is 0.606. The van der Waals surface area contributed by atoms with Gasteiger partial charge in [-0.1, -0.05) is 6.92 Å². The predicted molar refractivity (Wildman–Crippen MR) is 76.6 cm³/mol. The molecule has 0 saturated carbocycles. The minimum atomic E-state index is 0.606. The number of aryl methyl sites for hydroxylation is 1. The highest BCUT2D eigenvalue weighted by Crippen LogP contribution is 2.25. The molecular formula is C15H24N2O. The number of anilines is 1. The van der Waals surface area contributed by atoms with E-state index in [1.54, 1.807) is 7.11 Å². The fraction of sp³-hybridized carbons (Fsp3) is 0.600. The standard InChI is InChI=1S/C15H24N2O/c1-4-13-11-17(9-5-8-16-13)15-7-6-14(18-3)10-12(15)2/h6-7,10,13,16H,4-5,8-9,11H2,1-3H3. The van der Waals surface area contributed by atoms with Gasteiger partial charge in [0.25, 0.3) is 0 Å². The van der Waals surface area contributed by atoms with Gasteiger partial charge >= 0.3 is 0 Å². The summed E-state index contributed by atoms with van der Waals surface area (Å²) in [4.78, 5) is 2.50. The lowest BCUT2D eigenvalue weighted by Crippen LogP contribution is -2.37. The van der Waals surface area contributed by atoms with Crippen LogP contribution in [0.15, 0.2) is 18.2 Å². The molecule has 3 heteroatoms. The van der Waals surface area contributed by atoms with Crippen molar-refractivity contribution in [1.82, 2.24) is 5.32 Å². The quantitative estimate of drug-likeness (QED) is 0.890. The Morgan fingerprint density at radius 2 is 2.28 bits per heavy atom. The van der Waals surface area contributed by atoms with Crippen LogP contribution >= 0.6 is 0 Å². The van der Waals surface area contributed by atoms with Crippen molar-refractivity contribution in [2.24, 2.45) is 0 Å². The molecule has 1 atom stereocenters. The van der Waals surface area contributed by atoms with Crippen LogP contribution in [0.4, 0.5) is 5.69 Å². The number of nitrogens with one attached hydrogen (secondary N) is 1. The lowest BCUT2D eigenvalue weighted by Gasteiger charge is -2.27. The molecule has 0 bridgehead atoms. The molecule has 1 aliphatic heterocycles. The molecule has 3 nitrogen and oxygen atoms in total. The zero-order valence-corrected chi connectivity index (χ0v) is 11.7. The second kappa shape index (κ2) is 6.10. The number of nitrogens with zero attached hydrogens (tertiary/aromatic N) is 1. The first kappa shape index (κ1) is 13.2. The number of methoxy groups -OCH3 is 1. The van der Waals surface area contributed by atoms with E-state index in [0.717, 1.165) is 25.4 Å². The summed E-state index contributed by atoms with van der Waals surface area (Å²) in [5.74, 6) is 0.941. The maximum absolute atomic E-state index is 5.27. The van der Waals surface area contributed by atoms with Gasteiger partial charge in [-0.25, -0.2) is 0 Å². The molecular weight excluding hydrogens is 224 g/mol. The van der Waals surface area contributed by atoms with E-state index in [2.05, 4.69) is 42.3 Å². The van der Waals surface area contributed by atoms with Gasteiger partial charge in [0.1, 0.15) is 5.75 Å². The summed E-state index contributed by atoms with van der Waals surface area (Å²) < 4.78 is 5.27. The average Bonchev–Trinajstić information content (AvgIpc) is 2.63. The molecule has 1 unspecified atom stereocenters. The van der Waals surface area contributed by atoms with E-state index in [9.17, 15) is 0 Å². The van der Waals surface area contributed by atoms with E-state index in [1.165, 1.54) is 24.1 Å². The van der Waals surface area contributed by atoms with Crippen molar-refractivity contribution in [1.29, 1.82) is 0 Å². The predicted octanol–water partition coefficient (Wildman–Crippen LogP) is 2.58. The monoisotopic (exact) mass is 248 g/mol. The van der Waals surface area contributed by atoms with Gasteiger partial charge in [0.2, 0.25) is 0 Å². The summed E-state index contributed by atoms with van der Waals surface area (Å²) in [6.45, 7) is 7.78. The van der Waals surface area contributed by atoms with Crippen LogP contribution in [0.2, 0.25) is 0 Å². The van der Waals surface area contributed by atoms with Gasteiger partial charge in [-0.15, -0.1) is 0 Å². The average molecular weight is 248 g/mol.